The van der Waals surface area contributed by atoms with Crippen LogP contribution in [0.2, 0.25) is 5.02 Å². The lowest BCUT2D eigenvalue weighted by Crippen LogP contribution is -2.45. The first-order chi connectivity index (χ1) is 9.40. The second-order valence-corrected chi connectivity index (χ2v) is 5.28. The number of nitrogens with one attached hydrogen (secondary N) is 2. The van der Waals surface area contributed by atoms with Crippen molar-refractivity contribution in [2.75, 3.05) is 6.54 Å². The van der Waals surface area contributed by atoms with Gasteiger partial charge in [0.2, 0.25) is 5.91 Å². The Labute approximate surface area is 123 Å². The topological polar surface area (TPSA) is 78.4 Å². The molecule has 1 unspecified atom stereocenters. The molecule has 0 heterocycles. The van der Waals surface area contributed by atoms with Gasteiger partial charge < -0.3 is 10.4 Å². The van der Waals surface area contributed by atoms with Gasteiger partial charge in [-0.2, -0.15) is 0 Å². The Kier molecular flexibility index (Phi) is 6.48. The van der Waals surface area contributed by atoms with Crippen LogP contribution in [-0.4, -0.2) is 29.6 Å². The third-order valence-corrected chi connectivity index (χ3v) is 3.07. The van der Waals surface area contributed by atoms with Gasteiger partial charge in [0.05, 0.1) is 6.54 Å². The minimum Gasteiger partial charge on any atom is -0.480 e. The van der Waals surface area contributed by atoms with Crippen molar-refractivity contribution in [1.29, 1.82) is 0 Å². The smallest absolute Gasteiger partial charge is 0.320 e. The Hall–Kier alpha value is -1.59. The van der Waals surface area contributed by atoms with Crippen molar-refractivity contribution in [2.45, 2.75) is 26.4 Å². The predicted molar refractivity (Wildman–Crippen MR) is 77.6 cm³/mol. The largest absolute Gasteiger partial charge is 0.480 e. The van der Waals surface area contributed by atoms with Crippen LogP contribution in [0.15, 0.2) is 24.3 Å². The minimum atomic E-state index is -0.953. The summed E-state index contributed by atoms with van der Waals surface area (Å²) in [5.74, 6) is -1.28. The van der Waals surface area contributed by atoms with Crippen molar-refractivity contribution in [3.05, 3.63) is 34.9 Å². The van der Waals surface area contributed by atoms with E-state index in [1.807, 2.05) is 12.1 Å². The van der Waals surface area contributed by atoms with Crippen LogP contribution >= 0.6 is 11.6 Å². The number of rotatable bonds is 7. The molecule has 0 radical (unpaired) electrons. The summed E-state index contributed by atoms with van der Waals surface area (Å²) in [6, 6.07) is 6.42. The number of aliphatic carboxylic acids is 1. The fraction of sp³-hybridized carbons (Fsp3) is 0.429. The molecule has 5 nitrogen and oxygen atoms in total. The fourth-order valence-corrected chi connectivity index (χ4v) is 1.80. The van der Waals surface area contributed by atoms with Gasteiger partial charge in [-0.25, -0.2) is 0 Å². The highest BCUT2D eigenvalue weighted by atomic mass is 35.5. The maximum atomic E-state index is 11.6. The van der Waals surface area contributed by atoms with E-state index in [9.17, 15) is 9.59 Å². The molecule has 110 valence electrons. The zero-order valence-corrected chi connectivity index (χ0v) is 12.3. The number of amides is 1. The molecular weight excluding hydrogens is 280 g/mol. The molecule has 0 saturated heterocycles. The van der Waals surface area contributed by atoms with Crippen molar-refractivity contribution in [1.82, 2.24) is 10.6 Å². The summed E-state index contributed by atoms with van der Waals surface area (Å²) in [7, 11) is 0. The van der Waals surface area contributed by atoms with Crippen LogP contribution in [0.3, 0.4) is 0 Å². The fourth-order valence-electron chi connectivity index (χ4n) is 1.68. The van der Waals surface area contributed by atoms with Gasteiger partial charge in [-0.05, 0) is 23.6 Å². The average molecular weight is 299 g/mol. The lowest BCUT2D eigenvalue weighted by Gasteiger charge is -2.17. The van der Waals surface area contributed by atoms with E-state index in [1.165, 1.54) is 0 Å². The maximum Gasteiger partial charge on any atom is 0.320 e. The number of carbonyl (C=O) groups is 2. The first-order valence-electron chi connectivity index (χ1n) is 6.37. The minimum absolute atomic E-state index is 0.0251. The summed E-state index contributed by atoms with van der Waals surface area (Å²) >= 11 is 5.77. The van der Waals surface area contributed by atoms with E-state index >= 15 is 0 Å². The second-order valence-electron chi connectivity index (χ2n) is 4.84. The number of hydrogen-bond acceptors (Lipinski definition) is 3. The van der Waals surface area contributed by atoms with Gasteiger partial charge in [0.1, 0.15) is 6.04 Å². The van der Waals surface area contributed by atoms with Crippen LogP contribution in [0.25, 0.3) is 0 Å². The molecule has 20 heavy (non-hydrogen) atoms. The molecule has 0 aliphatic heterocycles. The number of carbonyl (C=O) groups excluding carboxylic acids is 1. The molecule has 0 spiro atoms. The van der Waals surface area contributed by atoms with Gasteiger partial charge in [-0.15, -0.1) is 0 Å². The molecule has 0 bridgehead atoms. The monoisotopic (exact) mass is 298 g/mol. The number of benzene rings is 1. The van der Waals surface area contributed by atoms with Crippen molar-refractivity contribution >= 4 is 23.5 Å². The number of carboxylic acids is 1. The summed E-state index contributed by atoms with van der Waals surface area (Å²) in [4.78, 5) is 22.6. The van der Waals surface area contributed by atoms with Crippen LogP contribution in [0.5, 0.6) is 0 Å². The highest BCUT2D eigenvalue weighted by molar-refractivity contribution is 6.30. The van der Waals surface area contributed by atoms with Crippen LogP contribution in [-0.2, 0) is 16.1 Å². The van der Waals surface area contributed by atoms with Gasteiger partial charge in [0.15, 0.2) is 0 Å². The SMILES string of the molecule is CC(C)C(NCC(=O)NCc1ccc(Cl)cc1)C(=O)O. The third-order valence-electron chi connectivity index (χ3n) is 2.82. The van der Waals surface area contributed by atoms with E-state index in [0.29, 0.717) is 11.6 Å². The Morgan fingerprint density at radius 1 is 1.25 bits per heavy atom. The van der Waals surface area contributed by atoms with Gasteiger partial charge in [0.25, 0.3) is 0 Å². The Morgan fingerprint density at radius 2 is 1.85 bits per heavy atom. The Balaban J connectivity index is 2.36. The molecule has 0 fully saturated rings. The summed E-state index contributed by atoms with van der Waals surface area (Å²) in [5.41, 5.74) is 0.932. The van der Waals surface area contributed by atoms with E-state index in [1.54, 1.807) is 26.0 Å². The third kappa shape index (κ3) is 5.59. The number of halogens is 1. The van der Waals surface area contributed by atoms with Crippen molar-refractivity contribution in [3.8, 4) is 0 Å². The summed E-state index contributed by atoms with van der Waals surface area (Å²) in [5, 5.41) is 15.1. The van der Waals surface area contributed by atoms with Crippen LogP contribution in [0.1, 0.15) is 19.4 Å². The molecule has 0 aromatic heterocycles. The molecule has 1 aromatic rings. The van der Waals surface area contributed by atoms with Gasteiger partial charge >= 0.3 is 5.97 Å². The number of hydrogen-bond donors (Lipinski definition) is 3. The van der Waals surface area contributed by atoms with Crippen LogP contribution in [0, 0.1) is 5.92 Å². The van der Waals surface area contributed by atoms with E-state index in [-0.39, 0.29) is 18.4 Å². The highest BCUT2D eigenvalue weighted by Gasteiger charge is 2.21. The summed E-state index contributed by atoms with van der Waals surface area (Å²) in [6.07, 6.45) is 0. The molecule has 0 saturated carbocycles. The Morgan fingerprint density at radius 3 is 2.35 bits per heavy atom. The molecule has 0 aliphatic rings. The first kappa shape index (κ1) is 16.5. The van der Waals surface area contributed by atoms with Crippen LogP contribution < -0.4 is 10.6 Å². The molecule has 1 rings (SSSR count). The van der Waals surface area contributed by atoms with Gasteiger partial charge in [-0.1, -0.05) is 37.6 Å². The summed E-state index contributed by atoms with van der Waals surface area (Å²) < 4.78 is 0. The zero-order valence-electron chi connectivity index (χ0n) is 11.5. The van der Waals surface area contributed by atoms with Crippen molar-refractivity contribution < 1.29 is 14.7 Å². The maximum absolute atomic E-state index is 11.6. The molecule has 1 amide bonds. The lowest BCUT2D eigenvalue weighted by molar-refractivity contribution is -0.140. The number of carboxylic acid groups (broad SMARTS) is 1. The molecule has 1 aromatic carbocycles. The summed E-state index contributed by atoms with van der Waals surface area (Å²) in [6.45, 7) is 3.94. The highest BCUT2D eigenvalue weighted by Crippen LogP contribution is 2.09. The first-order valence-corrected chi connectivity index (χ1v) is 6.75. The van der Waals surface area contributed by atoms with Crippen molar-refractivity contribution in [2.24, 2.45) is 5.92 Å². The quantitative estimate of drug-likeness (QED) is 0.715. The van der Waals surface area contributed by atoms with E-state index in [2.05, 4.69) is 10.6 Å². The molecule has 0 aliphatic carbocycles. The Bertz CT molecular complexity index is 460. The predicted octanol–water partition coefficient (Wildman–Crippen LogP) is 1.65. The van der Waals surface area contributed by atoms with Gasteiger partial charge in [0, 0.05) is 11.6 Å². The van der Waals surface area contributed by atoms with Gasteiger partial charge in [-0.3, -0.25) is 14.9 Å². The lowest BCUT2D eigenvalue weighted by atomic mass is 10.1. The standard InChI is InChI=1S/C14H19ClN2O3/c1-9(2)13(14(19)20)17-8-12(18)16-7-10-3-5-11(15)6-4-10/h3-6,9,13,17H,7-8H2,1-2H3,(H,16,18)(H,19,20). The molecule has 1 atom stereocenters. The van der Waals surface area contributed by atoms with Crippen molar-refractivity contribution in [3.63, 3.8) is 0 Å². The molecule has 3 N–H and O–H groups in total. The van der Waals surface area contributed by atoms with E-state index < -0.39 is 12.0 Å². The normalized spacial score (nSPS) is 12.2. The van der Waals surface area contributed by atoms with E-state index in [0.717, 1.165) is 5.56 Å². The van der Waals surface area contributed by atoms with E-state index in [4.69, 9.17) is 16.7 Å². The average Bonchev–Trinajstić information content (AvgIpc) is 2.37. The second kappa shape index (κ2) is 7.87. The van der Waals surface area contributed by atoms with Crippen LogP contribution in [0.4, 0.5) is 0 Å². The molecular formula is C14H19ClN2O3. The zero-order chi connectivity index (χ0) is 15.1. The molecule has 6 heteroatoms.